The molecule has 1 heterocycles. The Bertz CT molecular complexity index is 916. The van der Waals surface area contributed by atoms with Crippen LogP contribution in [0.4, 0.5) is 0 Å². The quantitative estimate of drug-likeness (QED) is 0.596. The van der Waals surface area contributed by atoms with Crippen molar-refractivity contribution in [1.29, 1.82) is 0 Å². The summed E-state index contributed by atoms with van der Waals surface area (Å²) in [5, 5.41) is 3.76. The van der Waals surface area contributed by atoms with Gasteiger partial charge in [0.1, 0.15) is 5.92 Å². The zero-order chi connectivity index (χ0) is 21.3. The summed E-state index contributed by atoms with van der Waals surface area (Å²) in [7, 11) is 1.27. The number of benzene rings is 1. The van der Waals surface area contributed by atoms with Crippen LogP contribution in [0.25, 0.3) is 0 Å². The molecule has 2 aliphatic rings. The van der Waals surface area contributed by atoms with Crippen LogP contribution >= 0.6 is 11.6 Å². The lowest BCUT2D eigenvalue weighted by Crippen LogP contribution is -2.43. The summed E-state index contributed by atoms with van der Waals surface area (Å²) < 4.78 is 10.1. The van der Waals surface area contributed by atoms with Gasteiger partial charge in [0.25, 0.3) is 0 Å². The van der Waals surface area contributed by atoms with Crippen LogP contribution in [0.15, 0.2) is 46.8 Å². The smallest absolute Gasteiger partial charge is 0.336 e. The second kappa shape index (κ2) is 8.41. The average Bonchev–Trinajstić information content (AvgIpc) is 2.67. The van der Waals surface area contributed by atoms with E-state index in [1.54, 1.807) is 38.1 Å². The number of dihydropyridines is 1. The molecule has 0 saturated heterocycles. The average molecular weight is 418 g/mol. The van der Waals surface area contributed by atoms with Crippen LogP contribution in [0.1, 0.15) is 38.7 Å². The maximum Gasteiger partial charge on any atom is 0.336 e. The minimum Gasteiger partial charge on any atom is -0.468 e. The summed E-state index contributed by atoms with van der Waals surface area (Å²) in [4.78, 5) is 38.6. The summed E-state index contributed by atoms with van der Waals surface area (Å²) in [6, 6.07) is 7.00. The molecule has 0 amide bonds. The van der Waals surface area contributed by atoms with E-state index in [4.69, 9.17) is 21.1 Å². The number of Topliss-reactive ketones (excluding diaryl/α,β-unsaturated/α-hetero) is 1. The van der Waals surface area contributed by atoms with Gasteiger partial charge in [0, 0.05) is 27.9 Å². The Morgan fingerprint density at radius 3 is 2.48 bits per heavy atom. The molecule has 1 N–H and O–H groups in total. The molecule has 0 fully saturated rings. The van der Waals surface area contributed by atoms with Crippen molar-refractivity contribution in [2.45, 2.75) is 33.1 Å². The molecule has 1 aromatic rings. The monoisotopic (exact) mass is 417 g/mol. The Balaban J connectivity index is 2.18. The molecule has 29 heavy (non-hydrogen) atoms. The molecule has 0 unspecified atom stereocenters. The topological polar surface area (TPSA) is 81.7 Å². The second-order valence-electron chi connectivity index (χ2n) is 7.31. The van der Waals surface area contributed by atoms with Gasteiger partial charge in [-0.2, -0.15) is 0 Å². The highest BCUT2D eigenvalue weighted by molar-refractivity contribution is 6.30. The summed E-state index contributed by atoms with van der Waals surface area (Å²) in [5.41, 5.74) is 2.87. The van der Waals surface area contributed by atoms with Crippen LogP contribution in [0.3, 0.4) is 0 Å². The first-order valence-electron chi connectivity index (χ1n) is 9.55. The number of esters is 2. The predicted octanol–water partition coefficient (Wildman–Crippen LogP) is 3.52. The molecule has 1 aliphatic heterocycles. The maximum atomic E-state index is 13.5. The lowest BCUT2D eigenvalue weighted by Gasteiger charge is -2.38. The molecule has 3 rings (SSSR count). The van der Waals surface area contributed by atoms with Gasteiger partial charge in [-0.15, -0.1) is 0 Å². The number of rotatable bonds is 4. The molecule has 3 atom stereocenters. The summed E-state index contributed by atoms with van der Waals surface area (Å²) in [6.45, 7) is 5.58. The van der Waals surface area contributed by atoms with E-state index in [0.717, 1.165) is 11.3 Å². The van der Waals surface area contributed by atoms with Crippen LogP contribution in [0, 0.1) is 11.8 Å². The van der Waals surface area contributed by atoms with E-state index >= 15 is 0 Å². The van der Waals surface area contributed by atoms with Gasteiger partial charge >= 0.3 is 11.9 Å². The van der Waals surface area contributed by atoms with Gasteiger partial charge in [0.05, 0.1) is 19.3 Å². The van der Waals surface area contributed by atoms with Crippen molar-refractivity contribution in [3.05, 3.63) is 57.4 Å². The minimum absolute atomic E-state index is 0.213. The third-order valence-electron chi connectivity index (χ3n) is 5.44. The van der Waals surface area contributed by atoms with Gasteiger partial charge in [-0.1, -0.05) is 30.7 Å². The normalized spacial score (nSPS) is 24.0. The van der Waals surface area contributed by atoms with E-state index in [2.05, 4.69) is 5.32 Å². The van der Waals surface area contributed by atoms with Crippen LogP contribution in [0.2, 0.25) is 5.02 Å². The third-order valence-corrected chi connectivity index (χ3v) is 5.69. The number of methoxy groups -OCH3 is 1. The standard InChI is InChI=1S/C22H24ClNO5/c1-5-29-22(27)17-12(3)24-15-10-11(2)16(21(26)28-4)20(25)19(15)18(17)13-6-8-14(23)9-7-13/h6-9,11,16,18,24H,5,10H2,1-4H3/t11-,16+,18+/m0/s1. The van der Waals surface area contributed by atoms with Gasteiger partial charge in [0.2, 0.25) is 0 Å². The van der Waals surface area contributed by atoms with Crippen molar-refractivity contribution in [3.8, 4) is 0 Å². The fourth-order valence-electron chi connectivity index (χ4n) is 4.15. The van der Waals surface area contributed by atoms with Crippen LogP contribution in [0.5, 0.6) is 0 Å². The van der Waals surface area contributed by atoms with E-state index in [0.29, 0.717) is 28.3 Å². The molecular weight excluding hydrogens is 394 g/mol. The zero-order valence-corrected chi connectivity index (χ0v) is 17.6. The summed E-state index contributed by atoms with van der Waals surface area (Å²) in [5.74, 6) is -3.15. The lowest BCUT2D eigenvalue weighted by molar-refractivity contribution is -0.151. The largest absolute Gasteiger partial charge is 0.468 e. The number of nitrogens with one attached hydrogen (secondary N) is 1. The number of ether oxygens (including phenoxy) is 2. The van der Waals surface area contributed by atoms with Gasteiger partial charge in [0.15, 0.2) is 5.78 Å². The first-order valence-corrected chi connectivity index (χ1v) is 9.93. The SMILES string of the molecule is CCOC(=O)C1=C(C)NC2=C(C(=O)[C@H](C(=O)OC)[C@@H](C)C2)[C@@H]1c1ccc(Cl)cc1. The highest BCUT2D eigenvalue weighted by Gasteiger charge is 2.47. The van der Waals surface area contributed by atoms with Crippen LogP contribution in [-0.4, -0.2) is 31.4 Å². The molecule has 7 heteroatoms. The molecule has 0 aromatic heterocycles. The molecule has 0 bridgehead atoms. The molecule has 1 aliphatic carbocycles. The van der Waals surface area contributed by atoms with Crippen molar-refractivity contribution in [3.63, 3.8) is 0 Å². The van der Waals surface area contributed by atoms with E-state index < -0.39 is 23.8 Å². The zero-order valence-electron chi connectivity index (χ0n) is 16.9. The van der Waals surface area contributed by atoms with Crippen molar-refractivity contribution >= 4 is 29.3 Å². The Kier molecular flexibility index (Phi) is 6.13. The Hall–Kier alpha value is -2.60. The van der Waals surface area contributed by atoms with E-state index in [1.165, 1.54) is 7.11 Å². The van der Waals surface area contributed by atoms with Gasteiger partial charge < -0.3 is 14.8 Å². The number of hydrogen-bond donors (Lipinski definition) is 1. The minimum atomic E-state index is -0.905. The first kappa shape index (κ1) is 21.1. The van der Waals surface area contributed by atoms with Gasteiger partial charge in [-0.3, -0.25) is 9.59 Å². The number of carbonyl (C=O) groups excluding carboxylic acids is 3. The molecule has 6 nitrogen and oxygen atoms in total. The van der Waals surface area contributed by atoms with E-state index in [9.17, 15) is 14.4 Å². The number of ketones is 1. The highest BCUT2D eigenvalue weighted by Crippen LogP contribution is 2.45. The Morgan fingerprint density at radius 1 is 1.24 bits per heavy atom. The Morgan fingerprint density at radius 2 is 1.90 bits per heavy atom. The number of hydrogen-bond acceptors (Lipinski definition) is 6. The van der Waals surface area contributed by atoms with Crippen molar-refractivity contribution < 1.29 is 23.9 Å². The van der Waals surface area contributed by atoms with Crippen LogP contribution in [-0.2, 0) is 23.9 Å². The van der Waals surface area contributed by atoms with Crippen molar-refractivity contribution in [2.24, 2.45) is 11.8 Å². The molecule has 1 aromatic carbocycles. The molecule has 0 saturated carbocycles. The van der Waals surface area contributed by atoms with Gasteiger partial charge in [-0.25, -0.2) is 4.79 Å². The molecule has 0 spiro atoms. The molecular formula is C22H24ClNO5. The second-order valence-corrected chi connectivity index (χ2v) is 7.74. The first-order chi connectivity index (χ1) is 13.8. The van der Waals surface area contributed by atoms with Crippen molar-refractivity contribution in [1.82, 2.24) is 5.32 Å². The predicted molar refractivity (Wildman–Crippen MR) is 108 cm³/mol. The van der Waals surface area contributed by atoms with Crippen LogP contribution < -0.4 is 5.32 Å². The summed E-state index contributed by atoms with van der Waals surface area (Å²) >= 11 is 6.04. The fourth-order valence-corrected chi connectivity index (χ4v) is 4.27. The highest BCUT2D eigenvalue weighted by atomic mass is 35.5. The lowest BCUT2D eigenvalue weighted by atomic mass is 9.69. The maximum absolute atomic E-state index is 13.5. The molecule has 0 radical (unpaired) electrons. The number of halogens is 1. The van der Waals surface area contributed by atoms with E-state index in [1.807, 2.05) is 6.92 Å². The number of allylic oxidation sites excluding steroid dienone is 3. The fraction of sp³-hybridized carbons (Fsp3) is 0.409. The Labute approximate surface area is 174 Å². The summed E-state index contributed by atoms with van der Waals surface area (Å²) in [6.07, 6.45) is 0.498. The molecule has 154 valence electrons. The van der Waals surface area contributed by atoms with E-state index in [-0.39, 0.29) is 18.3 Å². The van der Waals surface area contributed by atoms with Crippen molar-refractivity contribution in [2.75, 3.05) is 13.7 Å². The van der Waals surface area contributed by atoms with Gasteiger partial charge in [-0.05, 0) is 43.9 Å². The number of carbonyl (C=O) groups is 3. The third kappa shape index (κ3) is 3.81.